The molecule has 0 unspecified atom stereocenters. The Hall–Kier alpha value is -3.27. The monoisotopic (exact) mass is 372 g/mol. The topological polar surface area (TPSA) is 119 Å². The van der Waals surface area contributed by atoms with Crippen molar-refractivity contribution in [2.45, 2.75) is 6.92 Å². The van der Waals surface area contributed by atoms with Crippen molar-refractivity contribution in [2.24, 2.45) is 0 Å². The Labute approximate surface area is 150 Å². The van der Waals surface area contributed by atoms with Crippen LogP contribution in [-0.2, 0) is 10.0 Å². The second-order valence-electron chi connectivity index (χ2n) is 5.53. The molecule has 0 atom stereocenters. The molecule has 0 saturated carbocycles. The van der Waals surface area contributed by atoms with Gasteiger partial charge < -0.3 is 5.32 Å². The highest BCUT2D eigenvalue weighted by atomic mass is 32.2. The minimum Gasteiger partial charge on any atom is -0.321 e. The fourth-order valence-corrected chi connectivity index (χ4v) is 2.82. The van der Waals surface area contributed by atoms with Crippen LogP contribution in [0.5, 0.6) is 0 Å². The number of carbonyl (C=O) groups excluding carboxylic acids is 1. The lowest BCUT2D eigenvalue weighted by atomic mass is 10.2. The molecule has 0 bridgehead atoms. The van der Waals surface area contributed by atoms with Crippen LogP contribution in [0.3, 0.4) is 0 Å². The van der Waals surface area contributed by atoms with E-state index in [0.29, 0.717) is 17.2 Å². The zero-order valence-electron chi connectivity index (χ0n) is 14.0. The zero-order chi connectivity index (χ0) is 18.7. The first-order chi connectivity index (χ1) is 12.3. The molecule has 0 radical (unpaired) electrons. The number of amides is 1. The van der Waals surface area contributed by atoms with Gasteiger partial charge in [0, 0.05) is 18.1 Å². The Kier molecular flexibility index (Phi) is 4.67. The summed E-state index contributed by atoms with van der Waals surface area (Å²) in [5.74, 6) is 0.852. The van der Waals surface area contributed by atoms with Gasteiger partial charge in [0.1, 0.15) is 5.82 Å². The van der Waals surface area contributed by atoms with Crippen LogP contribution < -0.4 is 10.0 Å². The van der Waals surface area contributed by atoms with Crippen LogP contribution in [0, 0.1) is 6.92 Å². The van der Waals surface area contributed by atoms with E-state index in [0.717, 1.165) is 12.1 Å². The van der Waals surface area contributed by atoms with Crippen LogP contribution in [0.1, 0.15) is 16.3 Å². The summed E-state index contributed by atoms with van der Waals surface area (Å²) in [6.07, 6.45) is 4.45. The Bertz CT molecular complexity index is 1040. The third-order valence-electron chi connectivity index (χ3n) is 3.38. The van der Waals surface area contributed by atoms with E-state index in [-0.39, 0.29) is 5.69 Å². The number of aromatic nitrogens is 4. The van der Waals surface area contributed by atoms with Gasteiger partial charge in [-0.2, -0.15) is 0 Å². The fourth-order valence-electron chi connectivity index (χ4n) is 2.26. The molecule has 3 aromatic rings. The molecule has 0 spiro atoms. The van der Waals surface area contributed by atoms with Crippen LogP contribution in [0.25, 0.3) is 5.82 Å². The van der Waals surface area contributed by atoms with E-state index in [1.807, 2.05) is 6.92 Å². The minimum atomic E-state index is -3.40. The van der Waals surface area contributed by atoms with Gasteiger partial charge in [0.25, 0.3) is 5.91 Å². The SMILES string of the molecule is Cc1nccn1-c1ccc(C(=O)Nc2cccc(NS(C)(=O)=O)c2)nn1. The van der Waals surface area contributed by atoms with Gasteiger partial charge in [0.15, 0.2) is 11.5 Å². The van der Waals surface area contributed by atoms with Crippen molar-refractivity contribution in [3.8, 4) is 5.82 Å². The van der Waals surface area contributed by atoms with Crippen molar-refractivity contribution in [1.29, 1.82) is 0 Å². The van der Waals surface area contributed by atoms with Crippen molar-refractivity contribution in [3.05, 3.63) is 60.3 Å². The first kappa shape index (κ1) is 17.5. The van der Waals surface area contributed by atoms with Crippen molar-refractivity contribution >= 4 is 27.3 Å². The molecule has 0 saturated heterocycles. The predicted octanol–water partition coefficient (Wildman–Crippen LogP) is 1.59. The highest BCUT2D eigenvalue weighted by Crippen LogP contribution is 2.17. The Morgan fingerprint density at radius 3 is 2.50 bits per heavy atom. The first-order valence-electron chi connectivity index (χ1n) is 7.55. The summed E-state index contributed by atoms with van der Waals surface area (Å²) in [5.41, 5.74) is 0.912. The molecular weight excluding hydrogens is 356 g/mol. The molecule has 2 aromatic heterocycles. The quantitative estimate of drug-likeness (QED) is 0.702. The number of aryl methyl sites for hydroxylation is 1. The minimum absolute atomic E-state index is 0.132. The number of anilines is 2. The fraction of sp³-hybridized carbons (Fsp3) is 0.125. The smallest absolute Gasteiger partial charge is 0.276 e. The number of imidazole rings is 1. The molecule has 0 fully saturated rings. The number of nitrogens with zero attached hydrogens (tertiary/aromatic N) is 4. The van der Waals surface area contributed by atoms with Crippen LogP contribution in [0.4, 0.5) is 11.4 Å². The van der Waals surface area contributed by atoms with Gasteiger partial charge >= 0.3 is 0 Å². The van der Waals surface area contributed by atoms with Crippen LogP contribution in [-0.4, -0.2) is 40.3 Å². The molecular formula is C16H16N6O3S. The number of rotatable bonds is 5. The Morgan fingerprint density at radius 1 is 1.12 bits per heavy atom. The number of hydrogen-bond acceptors (Lipinski definition) is 6. The van der Waals surface area contributed by atoms with E-state index >= 15 is 0 Å². The molecule has 0 aliphatic heterocycles. The molecule has 2 heterocycles. The molecule has 1 amide bonds. The van der Waals surface area contributed by atoms with Gasteiger partial charge in [-0.25, -0.2) is 13.4 Å². The largest absolute Gasteiger partial charge is 0.321 e. The Morgan fingerprint density at radius 2 is 1.88 bits per heavy atom. The molecule has 9 nitrogen and oxygen atoms in total. The number of benzene rings is 1. The summed E-state index contributed by atoms with van der Waals surface area (Å²) in [4.78, 5) is 16.4. The average Bonchev–Trinajstić information content (AvgIpc) is 3.00. The van der Waals surface area contributed by atoms with E-state index in [2.05, 4.69) is 25.2 Å². The number of nitrogens with one attached hydrogen (secondary N) is 2. The second kappa shape index (κ2) is 6.92. The summed E-state index contributed by atoms with van der Waals surface area (Å²) in [7, 11) is -3.40. The average molecular weight is 372 g/mol. The van der Waals surface area contributed by atoms with E-state index < -0.39 is 15.9 Å². The molecule has 3 rings (SSSR count). The molecule has 10 heteroatoms. The maximum atomic E-state index is 12.3. The molecule has 134 valence electrons. The highest BCUT2D eigenvalue weighted by Gasteiger charge is 2.11. The van der Waals surface area contributed by atoms with Gasteiger partial charge in [-0.05, 0) is 37.3 Å². The van der Waals surface area contributed by atoms with Crippen molar-refractivity contribution in [3.63, 3.8) is 0 Å². The second-order valence-corrected chi connectivity index (χ2v) is 7.28. The maximum absolute atomic E-state index is 12.3. The summed E-state index contributed by atoms with van der Waals surface area (Å²) in [5, 5.41) is 10.6. The molecule has 1 aromatic carbocycles. The summed E-state index contributed by atoms with van der Waals surface area (Å²) >= 11 is 0. The lowest BCUT2D eigenvalue weighted by Gasteiger charge is -2.08. The number of hydrogen-bond donors (Lipinski definition) is 2. The standard InChI is InChI=1S/C16H16N6O3S/c1-11-17-8-9-22(11)15-7-6-14(19-20-15)16(23)18-12-4-3-5-13(10-12)21-26(2,24)25/h3-10,21H,1-2H3,(H,18,23). The summed E-state index contributed by atoms with van der Waals surface area (Å²) in [6, 6.07) is 9.57. The van der Waals surface area contributed by atoms with Gasteiger partial charge in [-0.15, -0.1) is 10.2 Å². The third kappa shape index (κ3) is 4.22. The normalized spacial score (nSPS) is 11.2. The lowest BCUT2D eigenvalue weighted by molar-refractivity contribution is 0.102. The van der Waals surface area contributed by atoms with E-state index in [9.17, 15) is 13.2 Å². The molecule has 2 N–H and O–H groups in total. The predicted molar refractivity (Wildman–Crippen MR) is 96.8 cm³/mol. The lowest BCUT2D eigenvalue weighted by Crippen LogP contribution is -2.15. The zero-order valence-corrected chi connectivity index (χ0v) is 14.9. The number of carbonyl (C=O) groups is 1. The first-order valence-corrected chi connectivity index (χ1v) is 9.44. The van der Waals surface area contributed by atoms with Gasteiger partial charge in [0.05, 0.1) is 11.9 Å². The van der Waals surface area contributed by atoms with Crippen molar-refractivity contribution in [2.75, 3.05) is 16.3 Å². The van der Waals surface area contributed by atoms with Gasteiger partial charge in [0.2, 0.25) is 10.0 Å². The van der Waals surface area contributed by atoms with E-state index in [1.165, 1.54) is 6.07 Å². The van der Waals surface area contributed by atoms with E-state index in [1.54, 1.807) is 47.3 Å². The third-order valence-corrected chi connectivity index (χ3v) is 3.99. The number of sulfonamides is 1. The van der Waals surface area contributed by atoms with Crippen LogP contribution in [0.15, 0.2) is 48.8 Å². The summed E-state index contributed by atoms with van der Waals surface area (Å²) in [6.45, 7) is 1.83. The molecule has 26 heavy (non-hydrogen) atoms. The highest BCUT2D eigenvalue weighted by molar-refractivity contribution is 7.92. The maximum Gasteiger partial charge on any atom is 0.276 e. The van der Waals surface area contributed by atoms with Gasteiger partial charge in [-0.3, -0.25) is 14.1 Å². The van der Waals surface area contributed by atoms with Crippen LogP contribution >= 0.6 is 0 Å². The summed E-state index contributed by atoms with van der Waals surface area (Å²) < 4.78 is 26.7. The molecule has 0 aliphatic carbocycles. The van der Waals surface area contributed by atoms with Crippen molar-refractivity contribution in [1.82, 2.24) is 19.7 Å². The molecule has 0 aliphatic rings. The van der Waals surface area contributed by atoms with Gasteiger partial charge in [-0.1, -0.05) is 6.07 Å². The van der Waals surface area contributed by atoms with Crippen LogP contribution in [0.2, 0.25) is 0 Å². The van der Waals surface area contributed by atoms with E-state index in [4.69, 9.17) is 0 Å². The van der Waals surface area contributed by atoms with Crippen molar-refractivity contribution < 1.29 is 13.2 Å². The Balaban J connectivity index is 1.74.